The highest BCUT2D eigenvalue weighted by atomic mass is 19.4. The van der Waals surface area contributed by atoms with Crippen molar-refractivity contribution < 1.29 is 17.7 Å². The maximum absolute atomic E-state index is 13.6. The smallest absolute Gasteiger partial charge is 0.336 e. The second-order valence-electron chi connectivity index (χ2n) is 7.15. The number of halogens is 3. The van der Waals surface area contributed by atoms with Gasteiger partial charge in [-0.1, -0.05) is 5.16 Å². The topological polar surface area (TPSA) is 60.0 Å². The monoisotopic (exact) mass is 379 g/mol. The zero-order valence-corrected chi connectivity index (χ0v) is 15.1. The SMILES string of the molecule is Cc1cc(C(F)(F)F)c2c([C@H]3CCCN(Cc4cnn(C)c4)C3)noc2n1. The highest BCUT2D eigenvalue weighted by molar-refractivity contribution is 5.81. The van der Waals surface area contributed by atoms with Crippen molar-refractivity contribution in [2.75, 3.05) is 13.1 Å². The molecule has 9 heteroatoms. The van der Waals surface area contributed by atoms with Crippen molar-refractivity contribution in [3.8, 4) is 0 Å². The van der Waals surface area contributed by atoms with E-state index in [2.05, 4.69) is 20.1 Å². The van der Waals surface area contributed by atoms with Gasteiger partial charge in [0.25, 0.3) is 5.71 Å². The predicted molar refractivity (Wildman–Crippen MR) is 92.0 cm³/mol. The van der Waals surface area contributed by atoms with Crippen molar-refractivity contribution in [1.29, 1.82) is 0 Å². The summed E-state index contributed by atoms with van der Waals surface area (Å²) < 4.78 is 47.6. The molecular formula is C18H20F3N5O. The van der Waals surface area contributed by atoms with Crippen molar-refractivity contribution in [1.82, 2.24) is 24.8 Å². The van der Waals surface area contributed by atoms with Gasteiger partial charge in [-0.3, -0.25) is 9.58 Å². The number of aromatic nitrogens is 4. The molecule has 1 aliphatic heterocycles. The third-order valence-corrected chi connectivity index (χ3v) is 4.96. The van der Waals surface area contributed by atoms with Crippen LogP contribution in [0.4, 0.5) is 13.2 Å². The summed E-state index contributed by atoms with van der Waals surface area (Å²) in [6, 6.07) is 1.07. The molecule has 6 nitrogen and oxygen atoms in total. The van der Waals surface area contributed by atoms with E-state index in [0.29, 0.717) is 18.8 Å². The first-order chi connectivity index (χ1) is 12.8. The van der Waals surface area contributed by atoms with Gasteiger partial charge in [0.1, 0.15) is 0 Å². The lowest BCUT2D eigenvalue weighted by atomic mass is 9.91. The molecule has 4 rings (SSSR count). The van der Waals surface area contributed by atoms with E-state index in [0.717, 1.165) is 31.0 Å². The van der Waals surface area contributed by atoms with Gasteiger partial charge in [-0.25, -0.2) is 4.98 Å². The van der Waals surface area contributed by atoms with Gasteiger partial charge in [0.2, 0.25) is 0 Å². The molecule has 1 aliphatic rings. The summed E-state index contributed by atoms with van der Waals surface area (Å²) in [5.41, 5.74) is 0.948. The maximum atomic E-state index is 13.6. The number of pyridine rings is 1. The number of aryl methyl sites for hydroxylation is 2. The van der Waals surface area contributed by atoms with Gasteiger partial charge in [-0.2, -0.15) is 18.3 Å². The molecule has 0 bridgehead atoms. The molecule has 144 valence electrons. The summed E-state index contributed by atoms with van der Waals surface area (Å²) in [5, 5.41) is 8.17. The zero-order chi connectivity index (χ0) is 19.2. The Morgan fingerprint density at radius 3 is 2.85 bits per heavy atom. The van der Waals surface area contributed by atoms with E-state index < -0.39 is 11.7 Å². The lowest BCUT2D eigenvalue weighted by molar-refractivity contribution is -0.136. The molecule has 1 saturated heterocycles. The molecule has 0 spiro atoms. The molecule has 0 radical (unpaired) electrons. The highest BCUT2D eigenvalue weighted by Gasteiger charge is 2.37. The largest absolute Gasteiger partial charge is 0.417 e. The van der Waals surface area contributed by atoms with Crippen molar-refractivity contribution in [3.05, 3.63) is 41.0 Å². The average molecular weight is 379 g/mol. The average Bonchev–Trinajstić information content (AvgIpc) is 3.19. The van der Waals surface area contributed by atoms with Crippen LogP contribution in [-0.2, 0) is 19.8 Å². The van der Waals surface area contributed by atoms with Crippen molar-refractivity contribution in [3.63, 3.8) is 0 Å². The quantitative estimate of drug-likeness (QED) is 0.695. The molecule has 0 unspecified atom stereocenters. The van der Waals surface area contributed by atoms with E-state index in [9.17, 15) is 13.2 Å². The van der Waals surface area contributed by atoms with Crippen LogP contribution < -0.4 is 0 Å². The maximum Gasteiger partial charge on any atom is 0.417 e. The Labute approximate surface area is 153 Å². The fraction of sp³-hybridized carbons (Fsp3) is 0.500. The first-order valence-electron chi connectivity index (χ1n) is 8.85. The van der Waals surface area contributed by atoms with Crippen molar-refractivity contribution >= 4 is 11.1 Å². The number of fused-ring (bicyclic) bond motifs is 1. The van der Waals surface area contributed by atoms with Gasteiger partial charge in [-0.05, 0) is 32.4 Å². The molecule has 4 heterocycles. The molecular weight excluding hydrogens is 359 g/mol. The van der Waals surface area contributed by atoms with Crippen LogP contribution in [0, 0.1) is 6.92 Å². The van der Waals surface area contributed by atoms with Crippen molar-refractivity contribution in [2.45, 2.75) is 38.4 Å². The van der Waals surface area contributed by atoms with E-state index >= 15 is 0 Å². The van der Waals surface area contributed by atoms with Gasteiger partial charge in [0, 0.05) is 43.5 Å². The second kappa shape index (κ2) is 6.63. The van der Waals surface area contributed by atoms with Crippen molar-refractivity contribution in [2.24, 2.45) is 7.05 Å². The molecule has 3 aromatic rings. The van der Waals surface area contributed by atoms with E-state index in [1.165, 1.54) is 6.92 Å². The number of alkyl halides is 3. The minimum atomic E-state index is -4.48. The number of hydrogen-bond acceptors (Lipinski definition) is 5. The fourth-order valence-corrected chi connectivity index (χ4v) is 3.83. The summed E-state index contributed by atoms with van der Waals surface area (Å²) in [4.78, 5) is 6.32. The standard InChI is InChI=1S/C18H20F3N5O/c1-11-6-14(18(19,20)21)15-16(24-27-17(15)23-11)13-4-3-5-26(10-13)9-12-7-22-25(2)8-12/h6-8,13H,3-5,9-10H2,1-2H3/t13-/m0/s1. The van der Waals surface area contributed by atoms with Crippen LogP contribution in [0.1, 0.15) is 41.3 Å². The zero-order valence-electron chi connectivity index (χ0n) is 15.1. The first kappa shape index (κ1) is 18.0. The number of rotatable bonds is 3. The Hall–Kier alpha value is -2.42. The Bertz CT molecular complexity index is 962. The van der Waals surface area contributed by atoms with Crippen LogP contribution in [0.25, 0.3) is 11.1 Å². The molecule has 3 aromatic heterocycles. The van der Waals surface area contributed by atoms with Gasteiger partial charge < -0.3 is 4.52 Å². The second-order valence-corrected chi connectivity index (χ2v) is 7.15. The van der Waals surface area contributed by atoms with Gasteiger partial charge in [0.05, 0.1) is 22.8 Å². The van der Waals surface area contributed by atoms with Gasteiger partial charge >= 0.3 is 6.18 Å². The van der Waals surface area contributed by atoms with Gasteiger partial charge in [0.15, 0.2) is 0 Å². The van der Waals surface area contributed by atoms with E-state index in [4.69, 9.17) is 4.52 Å². The molecule has 0 saturated carbocycles. The van der Waals surface area contributed by atoms with Crippen LogP contribution in [0.3, 0.4) is 0 Å². The third-order valence-electron chi connectivity index (χ3n) is 4.96. The number of hydrogen-bond donors (Lipinski definition) is 0. The molecule has 0 aliphatic carbocycles. The Morgan fingerprint density at radius 2 is 2.15 bits per heavy atom. The van der Waals surface area contributed by atoms with Crippen LogP contribution in [0.15, 0.2) is 23.0 Å². The lowest BCUT2D eigenvalue weighted by Crippen LogP contribution is -2.34. The Kier molecular flexibility index (Phi) is 4.41. The molecule has 1 atom stereocenters. The molecule has 0 N–H and O–H groups in total. The van der Waals surface area contributed by atoms with Crippen LogP contribution in [0.2, 0.25) is 0 Å². The Morgan fingerprint density at radius 1 is 1.33 bits per heavy atom. The number of piperidine rings is 1. The third kappa shape index (κ3) is 3.55. The molecule has 1 fully saturated rings. The minimum Gasteiger partial charge on any atom is -0.336 e. The molecule has 0 aromatic carbocycles. The van der Waals surface area contributed by atoms with E-state index in [1.807, 2.05) is 19.4 Å². The van der Waals surface area contributed by atoms with E-state index in [1.54, 1.807) is 4.68 Å². The summed E-state index contributed by atoms with van der Waals surface area (Å²) in [7, 11) is 1.86. The highest BCUT2D eigenvalue weighted by Crippen LogP contribution is 2.40. The van der Waals surface area contributed by atoms with Gasteiger partial charge in [-0.15, -0.1) is 0 Å². The first-order valence-corrected chi connectivity index (χ1v) is 8.85. The van der Waals surface area contributed by atoms with Crippen LogP contribution >= 0.6 is 0 Å². The summed E-state index contributed by atoms with van der Waals surface area (Å²) >= 11 is 0. The fourth-order valence-electron chi connectivity index (χ4n) is 3.83. The minimum absolute atomic E-state index is 0.00123. The predicted octanol–water partition coefficient (Wildman–Crippen LogP) is 3.66. The Balaban J connectivity index is 1.65. The summed E-state index contributed by atoms with van der Waals surface area (Å²) in [5.74, 6) is -0.123. The van der Waals surface area contributed by atoms with Crippen LogP contribution in [0.5, 0.6) is 0 Å². The molecule has 27 heavy (non-hydrogen) atoms. The normalized spacial score (nSPS) is 19.1. The summed E-state index contributed by atoms with van der Waals surface area (Å²) in [6.45, 7) is 3.75. The van der Waals surface area contributed by atoms with Crippen LogP contribution in [-0.4, -0.2) is 37.9 Å². The number of nitrogens with zero attached hydrogens (tertiary/aromatic N) is 5. The summed E-state index contributed by atoms with van der Waals surface area (Å²) in [6.07, 6.45) is 0.944. The number of likely N-dealkylation sites (tertiary alicyclic amines) is 1. The van der Waals surface area contributed by atoms with E-state index in [-0.39, 0.29) is 22.7 Å². The molecule has 0 amide bonds. The lowest BCUT2D eigenvalue weighted by Gasteiger charge is -2.31.